The fourth-order valence-corrected chi connectivity index (χ4v) is 3.31. The maximum atomic E-state index is 12.1. The maximum Gasteiger partial charge on any atom is 0.410 e. The molecule has 0 spiro atoms. The van der Waals surface area contributed by atoms with Crippen LogP contribution in [-0.4, -0.2) is 55.4 Å². The first-order valence-corrected chi connectivity index (χ1v) is 8.86. The molecular weight excluding hydrogens is 278 g/mol. The molecule has 1 amide bonds. The zero-order chi connectivity index (χ0) is 16.0. The van der Waals surface area contributed by atoms with Crippen LogP contribution in [-0.2, 0) is 4.74 Å². The third kappa shape index (κ3) is 6.13. The minimum Gasteiger partial charge on any atom is -0.444 e. The van der Waals surface area contributed by atoms with Crippen LogP contribution in [0, 0.1) is 5.92 Å². The second-order valence-corrected chi connectivity index (χ2v) is 7.72. The Labute approximate surface area is 135 Å². The normalized spacial score (nSPS) is 26.2. The number of hydrogen-bond acceptors (Lipinski definition) is 4. The Morgan fingerprint density at radius 3 is 2.82 bits per heavy atom. The highest BCUT2D eigenvalue weighted by molar-refractivity contribution is 5.68. The molecule has 0 aliphatic carbocycles. The molecule has 2 aliphatic rings. The molecule has 128 valence electrons. The highest BCUT2D eigenvalue weighted by Gasteiger charge is 2.27. The van der Waals surface area contributed by atoms with Crippen molar-refractivity contribution in [2.45, 2.75) is 64.5 Å². The van der Waals surface area contributed by atoms with Gasteiger partial charge in [-0.3, -0.25) is 0 Å². The Kier molecular flexibility index (Phi) is 6.50. The molecule has 2 N–H and O–H groups in total. The van der Waals surface area contributed by atoms with Gasteiger partial charge in [-0.15, -0.1) is 0 Å². The van der Waals surface area contributed by atoms with Crippen LogP contribution in [0.15, 0.2) is 0 Å². The lowest BCUT2D eigenvalue weighted by atomic mass is 9.95. The average molecular weight is 311 g/mol. The summed E-state index contributed by atoms with van der Waals surface area (Å²) in [5, 5.41) is 7.07. The summed E-state index contributed by atoms with van der Waals surface area (Å²) in [6, 6.07) is 0.657. The van der Waals surface area contributed by atoms with Crippen molar-refractivity contribution in [1.29, 1.82) is 0 Å². The van der Waals surface area contributed by atoms with E-state index in [1.807, 2.05) is 25.7 Å². The quantitative estimate of drug-likeness (QED) is 0.765. The van der Waals surface area contributed by atoms with Crippen LogP contribution in [0.2, 0.25) is 0 Å². The summed E-state index contributed by atoms with van der Waals surface area (Å²) in [5.41, 5.74) is -0.403. The number of hydrogen-bond donors (Lipinski definition) is 2. The first kappa shape index (κ1) is 17.5. The number of ether oxygens (including phenoxy) is 1. The van der Waals surface area contributed by atoms with Gasteiger partial charge < -0.3 is 20.3 Å². The van der Waals surface area contributed by atoms with Crippen LogP contribution < -0.4 is 10.6 Å². The average Bonchev–Trinajstić information content (AvgIpc) is 2.95. The van der Waals surface area contributed by atoms with Crippen molar-refractivity contribution in [2.75, 3.05) is 32.7 Å². The van der Waals surface area contributed by atoms with Crippen molar-refractivity contribution in [3.05, 3.63) is 0 Å². The Balaban J connectivity index is 1.63. The van der Waals surface area contributed by atoms with Crippen molar-refractivity contribution in [3.8, 4) is 0 Å². The van der Waals surface area contributed by atoms with Gasteiger partial charge in [0, 0.05) is 25.7 Å². The second-order valence-electron chi connectivity index (χ2n) is 7.72. The van der Waals surface area contributed by atoms with E-state index in [9.17, 15) is 4.79 Å². The standard InChI is InChI=1S/C17H33N3O2/c1-17(2,3)22-16(21)20-11-5-6-14(13-20)8-10-18-12-15-7-4-9-19-15/h14-15,18-19H,4-13H2,1-3H3. The lowest BCUT2D eigenvalue weighted by Crippen LogP contribution is -2.43. The summed E-state index contributed by atoms with van der Waals surface area (Å²) in [6.45, 7) is 10.7. The fourth-order valence-electron chi connectivity index (χ4n) is 3.31. The van der Waals surface area contributed by atoms with Crippen LogP contribution in [0.25, 0.3) is 0 Å². The van der Waals surface area contributed by atoms with Crippen molar-refractivity contribution in [1.82, 2.24) is 15.5 Å². The molecule has 0 bridgehead atoms. The summed E-state index contributed by atoms with van der Waals surface area (Å²) >= 11 is 0. The van der Waals surface area contributed by atoms with Gasteiger partial charge in [-0.1, -0.05) is 0 Å². The third-order valence-electron chi connectivity index (χ3n) is 4.45. The molecule has 2 heterocycles. The van der Waals surface area contributed by atoms with E-state index in [0.717, 1.165) is 39.0 Å². The molecule has 2 rings (SSSR count). The van der Waals surface area contributed by atoms with Crippen LogP contribution in [0.1, 0.15) is 52.9 Å². The van der Waals surface area contributed by atoms with Crippen molar-refractivity contribution >= 4 is 6.09 Å². The summed E-state index contributed by atoms with van der Waals surface area (Å²) in [5.74, 6) is 0.602. The van der Waals surface area contributed by atoms with E-state index in [1.54, 1.807) is 0 Å². The smallest absolute Gasteiger partial charge is 0.410 e. The Morgan fingerprint density at radius 2 is 2.14 bits per heavy atom. The topological polar surface area (TPSA) is 53.6 Å². The monoisotopic (exact) mass is 311 g/mol. The van der Waals surface area contributed by atoms with Crippen LogP contribution in [0.5, 0.6) is 0 Å². The number of piperidine rings is 1. The van der Waals surface area contributed by atoms with Gasteiger partial charge in [-0.2, -0.15) is 0 Å². The predicted octanol–water partition coefficient (Wildman–Crippen LogP) is 2.37. The van der Waals surface area contributed by atoms with E-state index in [1.165, 1.54) is 25.8 Å². The number of carbonyl (C=O) groups is 1. The number of likely N-dealkylation sites (tertiary alicyclic amines) is 1. The molecule has 2 fully saturated rings. The Bertz CT molecular complexity index is 348. The van der Waals surface area contributed by atoms with Crippen LogP contribution in [0.4, 0.5) is 4.79 Å². The molecule has 5 nitrogen and oxygen atoms in total. The number of nitrogens with one attached hydrogen (secondary N) is 2. The first-order chi connectivity index (χ1) is 10.4. The second kappa shape index (κ2) is 8.16. The lowest BCUT2D eigenvalue weighted by molar-refractivity contribution is 0.0162. The highest BCUT2D eigenvalue weighted by atomic mass is 16.6. The molecule has 0 radical (unpaired) electrons. The molecule has 5 heteroatoms. The fraction of sp³-hybridized carbons (Fsp3) is 0.941. The molecule has 0 aromatic heterocycles. The SMILES string of the molecule is CC(C)(C)OC(=O)N1CCCC(CCNCC2CCCN2)C1. The lowest BCUT2D eigenvalue weighted by Gasteiger charge is -2.34. The molecule has 2 aliphatic heterocycles. The molecule has 0 saturated carbocycles. The summed E-state index contributed by atoms with van der Waals surface area (Å²) < 4.78 is 5.48. The van der Waals surface area contributed by atoms with Gasteiger partial charge in [-0.25, -0.2) is 4.79 Å². The van der Waals surface area contributed by atoms with E-state index < -0.39 is 5.60 Å². The summed E-state index contributed by atoms with van der Waals surface area (Å²) in [4.78, 5) is 14.0. The van der Waals surface area contributed by atoms with Gasteiger partial charge >= 0.3 is 6.09 Å². The van der Waals surface area contributed by atoms with E-state index in [-0.39, 0.29) is 6.09 Å². The van der Waals surface area contributed by atoms with Crippen molar-refractivity contribution in [3.63, 3.8) is 0 Å². The molecule has 2 saturated heterocycles. The summed E-state index contributed by atoms with van der Waals surface area (Å²) in [7, 11) is 0. The van der Waals surface area contributed by atoms with E-state index in [4.69, 9.17) is 4.74 Å². The van der Waals surface area contributed by atoms with Crippen LogP contribution in [0.3, 0.4) is 0 Å². The van der Waals surface area contributed by atoms with E-state index in [2.05, 4.69) is 10.6 Å². The zero-order valence-corrected chi connectivity index (χ0v) is 14.5. The Hall–Kier alpha value is -0.810. The van der Waals surface area contributed by atoms with Gasteiger partial charge in [-0.05, 0) is 71.9 Å². The molecule has 0 aromatic carbocycles. The third-order valence-corrected chi connectivity index (χ3v) is 4.45. The van der Waals surface area contributed by atoms with Gasteiger partial charge in [0.25, 0.3) is 0 Å². The summed E-state index contributed by atoms with van der Waals surface area (Å²) in [6.07, 6.45) is 5.91. The number of nitrogens with zero attached hydrogens (tertiary/aromatic N) is 1. The van der Waals surface area contributed by atoms with Crippen molar-refractivity contribution in [2.24, 2.45) is 5.92 Å². The van der Waals surface area contributed by atoms with Gasteiger partial charge in [0.2, 0.25) is 0 Å². The number of rotatable bonds is 5. The molecule has 22 heavy (non-hydrogen) atoms. The van der Waals surface area contributed by atoms with Gasteiger partial charge in [0.1, 0.15) is 5.60 Å². The first-order valence-electron chi connectivity index (χ1n) is 8.86. The van der Waals surface area contributed by atoms with E-state index >= 15 is 0 Å². The minimum atomic E-state index is -0.403. The van der Waals surface area contributed by atoms with Crippen LogP contribution >= 0.6 is 0 Å². The van der Waals surface area contributed by atoms with Crippen molar-refractivity contribution < 1.29 is 9.53 Å². The maximum absolute atomic E-state index is 12.1. The van der Waals surface area contributed by atoms with Gasteiger partial charge in [0.15, 0.2) is 0 Å². The van der Waals surface area contributed by atoms with Gasteiger partial charge in [0.05, 0.1) is 0 Å². The largest absolute Gasteiger partial charge is 0.444 e. The molecule has 2 atom stereocenters. The number of carbonyl (C=O) groups excluding carboxylic acids is 1. The Morgan fingerprint density at radius 1 is 1.32 bits per heavy atom. The minimum absolute atomic E-state index is 0.152. The molecular formula is C17H33N3O2. The predicted molar refractivity (Wildman–Crippen MR) is 89.0 cm³/mol. The highest BCUT2D eigenvalue weighted by Crippen LogP contribution is 2.21. The molecule has 0 aromatic rings. The zero-order valence-electron chi connectivity index (χ0n) is 14.5. The molecule has 2 unspecified atom stereocenters. The van der Waals surface area contributed by atoms with E-state index in [0.29, 0.717) is 12.0 Å². The number of amides is 1.